The Kier molecular flexibility index (Phi) is 6.18. The van der Waals surface area contributed by atoms with Gasteiger partial charge in [-0.05, 0) is 6.92 Å². The van der Waals surface area contributed by atoms with E-state index in [-0.39, 0.29) is 6.61 Å². The summed E-state index contributed by atoms with van der Waals surface area (Å²) in [6.45, 7) is -0.267. The van der Waals surface area contributed by atoms with Crippen LogP contribution in [0.1, 0.15) is 6.92 Å². The molecule has 0 rings (SSSR count). The molecule has 0 radical (unpaired) electrons. The van der Waals surface area contributed by atoms with Crippen molar-refractivity contribution in [2.45, 2.75) is 19.0 Å². The Balaban J connectivity index is 0. The number of hydrogen-bond donors (Lipinski definition) is 2. The number of aliphatic hydroxyl groups is 2. The van der Waals surface area contributed by atoms with Crippen LogP contribution in [0.4, 0.5) is 22.0 Å². The fourth-order valence-corrected chi connectivity index (χ4v) is 0.0896. The molecule has 0 heterocycles. The van der Waals surface area contributed by atoms with E-state index in [1.165, 1.54) is 0 Å². The summed E-state index contributed by atoms with van der Waals surface area (Å²) in [5.41, 5.74) is 0. The Morgan fingerprint density at radius 1 is 1.00 bits per heavy atom. The maximum Gasteiger partial charge on any atom is 0.455 e. The molecule has 0 saturated heterocycles. The first-order valence-corrected chi connectivity index (χ1v) is 2.89. The molecule has 0 aliphatic rings. The van der Waals surface area contributed by atoms with Crippen LogP contribution < -0.4 is 0 Å². The smallest absolute Gasteiger partial charge is 0.397 e. The van der Waals surface area contributed by atoms with E-state index < -0.39 is 18.7 Å². The lowest BCUT2D eigenvalue weighted by Gasteiger charge is -2.15. The van der Waals surface area contributed by atoms with Gasteiger partial charge in [0.15, 0.2) is 0 Å². The summed E-state index contributed by atoms with van der Waals surface area (Å²) in [4.78, 5) is 0. The van der Waals surface area contributed by atoms with Crippen molar-refractivity contribution >= 4 is 0 Å². The lowest BCUT2D eigenvalue weighted by molar-refractivity contribution is -0.292. The van der Waals surface area contributed by atoms with Crippen LogP contribution in [0.25, 0.3) is 0 Å². The van der Waals surface area contributed by atoms with Crippen molar-refractivity contribution in [1.82, 2.24) is 0 Å². The van der Waals surface area contributed by atoms with Gasteiger partial charge in [-0.15, -0.1) is 0 Å². The van der Waals surface area contributed by atoms with E-state index in [4.69, 9.17) is 10.2 Å². The maximum atomic E-state index is 11.3. The van der Waals surface area contributed by atoms with E-state index in [1.807, 2.05) is 0 Å². The molecule has 0 bridgehead atoms. The third kappa shape index (κ3) is 5.25. The van der Waals surface area contributed by atoms with Crippen LogP contribution in [-0.2, 0) is 0 Å². The molecule has 0 aromatic carbocycles. The Morgan fingerprint density at radius 3 is 1.25 bits per heavy atom. The van der Waals surface area contributed by atoms with Gasteiger partial charge in [0, 0.05) is 6.61 Å². The van der Waals surface area contributed by atoms with Crippen molar-refractivity contribution in [2.75, 3.05) is 13.2 Å². The number of aliphatic hydroxyl groups excluding tert-OH is 2. The highest BCUT2D eigenvalue weighted by molar-refractivity contribution is 4.73. The van der Waals surface area contributed by atoms with E-state index in [1.54, 1.807) is 6.92 Å². The monoisotopic (exact) mass is 196 g/mol. The van der Waals surface area contributed by atoms with Gasteiger partial charge < -0.3 is 10.2 Å². The van der Waals surface area contributed by atoms with Gasteiger partial charge in [-0.1, -0.05) is 0 Å². The molecule has 0 spiro atoms. The fourth-order valence-electron chi connectivity index (χ4n) is 0.0896. The second-order valence-electron chi connectivity index (χ2n) is 1.68. The molecule has 0 aliphatic heterocycles. The number of rotatable bonds is 1. The molecule has 12 heavy (non-hydrogen) atoms. The van der Waals surface area contributed by atoms with Crippen LogP contribution in [0.5, 0.6) is 0 Å². The maximum absolute atomic E-state index is 11.3. The highest BCUT2D eigenvalue weighted by Gasteiger charge is 2.56. The largest absolute Gasteiger partial charge is 0.455 e. The van der Waals surface area contributed by atoms with Crippen LogP contribution in [0, 0.1) is 0 Å². The molecule has 0 atom stereocenters. The molecule has 0 aliphatic carbocycles. The van der Waals surface area contributed by atoms with Gasteiger partial charge in [0.25, 0.3) is 0 Å². The van der Waals surface area contributed by atoms with Crippen molar-refractivity contribution in [1.29, 1.82) is 0 Å². The molecule has 2 N–H and O–H groups in total. The Bertz CT molecular complexity index is 111. The number of halogens is 5. The molecule has 2 nitrogen and oxygen atoms in total. The van der Waals surface area contributed by atoms with E-state index in [0.717, 1.165) is 0 Å². The van der Waals surface area contributed by atoms with Crippen molar-refractivity contribution < 1.29 is 32.2 Å². The van der Waals surface area contributed by atoms with Crippen LogP contribution in [0.2, 0.25) is 0 Å². The van der Waals surface area contributed by atoms with Gasteiger partial charge >= 0.3 is 12.1 Å². The Morgan fingerprint density at radius 2 is 1.25 bits per heavy atom. The third-order valence-corrected chi connectivity index (χ3v) is 0.613. The summed E-state index contributed by atoms with van der Waals surface area (Å²) in [5, 5.41) is 15.0. The first-order chi connectivity index (χ1) is 5.22. The van der Waals surface area contributed by atoms with Crippen molar-refractivity contribution in [3.8, 4) is 0 Å². The van der Waals surface area contributed by atoms with Gasteiger partial charge in [0.2, 0.25) is 0 Å². The molecule has 76 valence electrons. The second kappa shape index (κ2) is 5.26. The lowest BCUT2D eigenvalue weighted by Crippen LogP contribution is -2.39. The van der Waals surface area contributed by atoms with Crippen molar-refractivity contribution in [3.05, 3.63) is 0 Å². The average Bonchev–Trinajstić information content (AvgIpc) is 1.87. The molecular weight excluding hydrogens is 187 g/mol. The molecule has 0 aromatic heterocycles. The molecule has 0 amide bonds. The standard InChI is InChI=1S/C3H3F5O.C2H6O/c4-2(5,1-9)3(6,7)8;1-2-3/h9H,1H2;3H,2H2,1H3. The summed E-state index contributed by atoms with van der Waals surface area (Å²) in [6, 6.07) is 0. The summed E-state index contributed by atoms with van der Waals surface area (Å²) >= 11 is 0. The van der Waals surface area contributed by atoms with Crippen molar-refractivity contribution in [2.24, 2.45) is 0 Å². The summed E-state index contributed by atoms with van der Waals surface area (Å²) in [5.74, 6) is -4.97. The minimum atomic E-state index is -5.64. The van der Waals surface area contributed by atoms with E-state index in [0.29, 0.717) is 0 Å². The first-order valence-electron chi connectivity index (χ1n) is 2.89. The quantitative estimate of drug-likeness (QED) is 0.618. The molecule has 0 saturated carbocycles. The Hall–Kier alpha value is -0.430. The zero-order valence-electron chi connectivity index (χ0n) is 6.20. The Labute approximate surface area is 65.6 Å². The van der Waals surface area contributed by atoms with E-state index in [2.05, 4.69) is 0 Å². The minimum Gasteiger partial charge on any atom is -0.397 e. The first kappa shape index (κ1) is 14.1. The van der Waals surface area contributed by atoms with Crippen LogP contribution in [-0.4, -0.2) is 35.5 Å². The van der Waals surface area contributed by atoms with Gasteiger partial charge in [0.05, 0.1) is 0 Å². The van der Waals surface area contributed by atoms with Gasteiger partial charge in [-0.3, -0.25) is 0 Å². The average molecular weight is 196 g/mol. The molecule has 0 fully saturated rings. The van der Waals surface area contributed by atoms with Gasteiger partial charge in [-0.2, -0.15) is 22.0 Å². The van der Waals surface area contributed by atoms with Crippen LogP contribution in [0.3, 0.4) is 0 Å². The lowest BCUT2D eigenvalue weighted by atomic mass is 10.3. The van der Waals surface area contributed by atoms with E-state index in [9.17, 15) is 22.0 Å². The molecule has 0 unspecified atom stereocenters. The summed E-state index contributed by atoms with van der Waals surface area (Å²) in [6.07, 6.45) is -5.64. The van der Waals surface area contributed by atoms with Gasteiger partial charge in [-0.25, -0.2) is 0 Å². The molecule has 7 heteroatoms. The number of hydrogen-bond acceptors (Lipinski definition) is 2. The van der Waals surface area contributed by atoms with Gasteiger partial charge in [0.1, 0.15) is 6.61 Å². The summed E-state index contributed by atoms with van der Waals surface area (Å²) < 4.78 is 55.3. The fraction of sp³-hybridized carbons (Fsp3) is 1.00. The second-order valence-corrected chi connectivity index (χ2v) is 1.68. The SMILES string of the molecule is CCO.OCC(F)(F)C(F)(F)F. The highest BCUT2D eigenvalue weighted by Crippen LogP contribution is 2.34. The zero-order chi connectivity index (χ0) is 10.4. The zero-order valence-corrected chi connectivity index (χ0v) is 6.20. The van der Waals surface area contributed by atoms with Crippen LogP contribution >= 0.6 is 0 Å². The van der Waals surface area contributed by atoms with Crippen molar-refractivity contribution in [3.63, 3.8) is 0 Å². The minimum absolute atomic E-state index is 0.250. The van der Waals surface area contributed by atoms with Crippen LogP contribution in [0.15, 0.2) is 0 Å². The molecule has 0 aromatic rings. The van der Waals surface area contributed by atoms with E-state index >= 15 is 0 Å². The highest BCUT2D eigenvalue weighted by atomic mass is 19.4. The topological polar surface area (TPSA) is 40.5 Å². The third-order valence-electron chi connectivity index (χ3n) is 0.613. The normalized spacial score (nSPS) is 12.0. The summed E-state index contributed by atoms with van der Waals surface area (Å²) in [7, 11) is 0. The predicted molar refractivity (Wildman–Crippen MR) is 30.8 cm³/mol. The predicted octanol–water partition coefficient (Wildman–Crippen LogP) is 1.17. The number of alkyl halides is 5. The molecular formula is C5H9F5O2.